The van der Waals surface area contributed by atoms with Gasteiger partial charge >= 0.3 is 0 Å². The summed E-state index contributed by atoms with van der Waals surface area (Å²) in [6.45, 7) is 1.01. The number of fused-ring (bicyclic) bond motifs is 1. The molecule has 0 aliphatic carbocycles. The average molecular weight is 453 g/mol. The molecule has 0 radical (unpaired) electrons. The first-order valence-electron chi connectivity index (χ1n) is 9.53. The Balaban J connectivity index is 1.53. The van der Waals surface area contributed by atoms with Gasteiger partial charge in [0.05, 0.1) is 17.7 Å². The zero-order valence-corrected chi connectivity index (χ0v) is 17.8. The number of nitrogens with one attached hydrogen (secondary N) is 1. The fraction of sp³-hybridized carbons (Fsp3) is 0.0870. The summed E-state index contributed by atoms with van der Waals surface area (Å²) in [4.78, 5) is 10.5. The van der Waals surface area contributed by atoms with Crippen molar-refractivity contribution in [1.29, 1.82) is 0 Å². The Kier molecular flexibility index (Phi) is 6.21. The van der Waals surface area contributed by atoms with Gasteiger partial charge < -0.3 is 9.99 Å². The molecular weight excluding hydrogens is 435 g/mol. The van der Waals surface area contributed by atoms with Gasteiger partial charge in [-0.1, -0.05) is 59.6 Å². The molecule has 0 atom stereocenters. The van der Waals surface area contributed by atoms with Crippen LogP contribution in [0.3, 0.4) is 0 Å². The first-order chi connectivity index (χ1) is 15.0. The molecule has 4 aromatic rings. The van der Waals surface area contributed by atoms with Gasteiger partial charge in [0, 0.05) is 56.9 Å². The smallest absolute Gasteiger partial charge is 0.269 e. The lowest BCUT2D eigenvalue weighted by Gasteiger charge is -2.05. The number of nitro benzene ring substituents is 1. The summed E-state index contributed by atoms with van der Waals surface area (Å²) in [6, 6.07) is 20.0. The molecule has 156 valence electrons. The molecular formula is C23H18Cl2N4O2. The number of rotatable bonds is 7. The Bertz CT molecular complexity index is 1250. The molecule has 6 nitrogen and oxygen atoms in total. The number of halogens is 2. The second-order valence-corrected chi connectivity index (χ2v) is 7.76. The second-order valence-electron chi connectivity index (χ2n) is 6.95. The Hall–Kier alpha value is -3.35. The molecule has 8 heteroatoms. The molecule has 0 fully saturated rings. The molecule has 31 heavy (non-hydrogen) atoms. The number of hydrazone groups is 1. The van der Waals surface area contributed by atoms with Crippen molar-refractivity contribution in [1.82, 2.24) is 9.99 Å². The van der Waals surface area contributed by atoms with Crippen LogP contribution in [0.1, 0.15) is 16.7 Å². The minimum atomic E-state index is -0.397. The zero-order chi connectivity index (χ0) is 21.8. The van der Waals surface area contributed by atoms with Crippen molar-refractivity contribution in [2.45, 2.75) is 13.1 Å². The molecule has 1 heterocycles. The third-order valence-electron chi connectivity index (χ3n) is 4.93. The molecule has 0 amide bonds. The van der Waals surface area contributed by atoms with Gasteiger partial charge in [0.25, 0.3) is 5.69 Å². The molecule has 1 N–H and O–H groups in total. The Labute approximate surface area is 188 Å². The highest BCUT2D eigenvalue weighted by Gasteiger charge is 2.09. The van der Waals surface area contributed by atoms with Gasteiger partial charge in [-0.3, -0.25) is 10.1 Å². The Morgan fingerprint density at radius 3 is 2.42 bits per heavy atom. The normalized spacial score (nSPS) is 11.3. The van der Waals surface area contributed by atoms with Gasteiger partial charge in [0.15, 0.2) is 0 Å². The van der Waals surface area contributed by atoms with E-state index in [1.807, 2.05) is 30.5 Å². The summed E-state index contributed by atoms with van der Waals surface area (Å²) in [5, 5.41) is 17.5. The number of hydrogen-bond donors (Lipinski definition) is 1. The first-order valence-corrected chi connectivity index (χ1v) is 10.3. The van der Waals surface area contributed by atoms with Crippen molar-refractivity contribution in [2.24, 2.45) is 5.10 Å². The summed E-state index contributed by atoms with van der Waals surface area (Å²) in [7, 11) is 0. The first kappa shape index (κ1) is 20.9. The lowest BCUT2D eigenvalue weighted by Crippen LogP contribution is -2.06. The molecule has 3 aromatic carbocycles. The van der Waals surface area contributed by atoms with Crippen LogP contribution >= 0.6 is 23.2 Å². The van der Waals surface area contributed by atoms with E-state index in [2.05, 4.69) is 15.1 Å². The van der Waals surface area contributed by atoms with E-state index in [4.69, 9.17) is 23.2 Å². The summed E-state index contributed by atoms with van der Waals surface area (Å²) in [5.41, 5.74) is 6.86. The quantitative estimate of drug-likeness (QED) is 0.211. The molecule has 0 aliphatic heterocycles. The van der Waals surface area contributed by atoms with Gasteiger partial charge in [0.2, 0.25) is 0 Å². The lowest BCUT2D eigenvalue weighted by atomic mass is 10.2. The van der Waals surface area contributed by atoms with Crippen molar-refractivity contribution < 1.29 is 4.92 Å². The Morgan fingerprint density at radius 1 is 1.00 bits per heavy atom. The van der Waals surface area contributed by atoms with Crippen molar-refractivity contribution >= 4 is 46.0 Å². The number of para-hydroxylation sites is 1. The molecule has 4 rings (SSSR count). The highest BCUT2D eigenvalue weighted by atomic mass is 35.5. The van der Waals surface area contributed by atoms with E-state index in [1.54, 1.807) is 36.5 Å². The van der Waals surface area contributed by atoms with Crippen LogP contribution in [0.25, 0.3) is 10.9 Å². The van der Waals surface area contributed by atoms with Gasteiger partial charge in [-0.2, -0.15) is 5.10 Å². The molecule has 0 aliphatic rings. The van der Waals surface area contributed by atoms with Gasteiger partial charge in [0.1, 0.15) is 0 Å². The van der Waals surface area contributed by atoms with Crippen LogP contribution in [0.15, 0.2) is 78.0 Å². The lowest BCUT2D eigenvalue weighted by molar-refractivity contribution is -0.384. The van der Waals surface area contributed by atoms with E-state index in [-0.39, 0.29) is 5.69 Å². The summed E-state index contributed by atoms with van der Waals surface area (Å²) in [5.74, 6) is 0. The van der Waals surface area contributed by atoms with Crippen molar-refractivity contribution in [3.05, 3.63) is 110 Å². The summed E-state index contributed by atoms with van der Waals surface area (Å²) < 4.78 is 2.10. The number of non-ortho nitro benzene ring substituents is 1. The van der Waals surface area contributed by atoms with E-state index in [0.29, 0.717) is 23.1 Å². The largest absolute Gasteiger partial charge is 0.342 e. The van der Waals surface area contributed by atoms with Crippen LogP contribution in [0.2, 0.25) is 10.0 Å². The SMILES string of the molecule is O=[N+]([O-])c1ccc(Cn2cc(/C=N/NCc3c(Cl)cccc3Cl)c3ccccc32)cc1. The number of nitrogens with zero attached hydrogens (tertiary/aromatic N) is 3. The molecule has 0 saturated heterocycles. The van der Waals surface area contributed by atoms with Crippen LogP contribution in [0.5, 0.6) is 0 Å². The highest BCUT2D eigenvalue weighted by Crippen LogP contribution is 2.24. The van der Waals surface area contributed by atoms with E-state index in [0.717, 1.165) is 27.6 Å². The monoisotopic (exact) mass is 452 g/mol. The van der Waals surface area contributed by atoms with Crippen molar-refractivity contribution in [2.75, 3.05) is 0 Å². The third kappa shape index (κ3) is 4.71. The van der Waals surface area contributed by atoms with Gasteiger partial charge in [-0.15, -0.1) is 0 Å². The van der Waals surface area contributed by atoms with Crippen molar-refractivity contribution in [3.63, 3.8) is 0 Å². The number of benzene rings is 3. The van der Waals surface area contributed by atoms with Crippen LogP contribution in [0, 0.1) is 10.1 Å². The van der Waals surface area contributed by atoms with E-state index < -0.39 is 4.92 Å². The second kappa shape index (κ2) is 9.20. The maximum atomic E-state index is 10.9. The molecule has 0 spiro atoms. The fourth-order valence-corrected chi connectivity index (χ4v) is 3.90. The predicted molar refractivity (Wildman–Crippen MR) is 125 cm³/mol. The van der Waals surface area contributed by atoms with Crippen LogP contribution in [-0.2, 0) is 13.1 Å². The summed E-state index contributed by atoms with van der Waals surface area (Å²) in [6.07, 6.45) is 3.78. The number of nitro groups is 1. The zero-order valence-electron chi connectivity index (χ0n) is 16.3. The molecule has 0 unspecified atom stereocenters. The average Bonchev–Trinajstić information content (AvgIpc) is 3.11. The van der Waals surface area contributed by atoms with Crippen LogP contribution in [0.4, 0.5) is 5.69 Å². The van der Waals surface area contributed by atoms with Gasteiger partial charge in [-0.05, 0) is 23.8 Å². The molecule has 0 saturated carbocycles. The topological polar surface area (TPSA) is 72.5 Å². The Morgan fingerprint density at radius 2 is 1.71 bits per heavy atom. The van der Waals surface area contributed by atoms with Crippen LogP contribution in [-0.4, -0.2) is 15.7 Å². The minimum Gasteiger partial charge on any atom is -0.342 e. The standard InChI is InChI=1S/C23H18Cl2N4O2/c24-21-5-3-6-22(25)20(21)13-27-26-12-17-15-28(23-7-2-1-4-19(17)23)14-16-8-10-18(11-9-16)29(30)31/h1-12,15,27H,13-14H2/b26-12+. The maximum absolute atomic E-state index is 10.9. The van der Waals surface area contributed by atoms with E-state index >= 15 is 0 Å². The number of hydrogen-bond acceptors (Lipinski definition) is 4. The fourth-order valence-electron chi connectivity index (χ4n) is 3.37. The molecule has 1 aromatic heterocycles. The third-order valence-corrected chi connectivity index (χ3v) is 5.64. The van der Waals surface area contributed by atoms with E-state index in [9.17, 15) is 10.1 Å². The highest BCUT2D eigenvalue weighted by molar-refractivity contribution is 6.35. The predicted octanol–water partition coefficient (Wildman–Crippen LogP) is 6.03. The maximum Gasteiger partial charge on any atom is 0.269 e. The van der Waals surface area contributed by atoms with Crippen molar-refractivity contribution in [3.8, 4) is 0 Å². The van der Waals surface area contributed by atoms with E-state index in [1.165, 1.54) is 12.1 Å². The molecule has 0 bridgehead atoms. The number of aromatic nitrogens is 1. The van der Waals surface area contributed by atoms with Crippen LogP contribution < -0.4 is 5.43 Å². The summed E-state index contributed by atoms with van der Waals surface area (Å²) >= 11 is 12.4. The minimum absolute atomic E-state index is 0.0821. The van der Waals surface area contributed by atoms with Gasteiger partial charge in [-0.25, -0.2) is 0 Å².